The first-order valence-electron chi connectivity index (χ1n) is 15.5. The topological polar surface area (TPSA) is 81.7 Å². The minimum absolute atomic E-state index is 0.0228. The summed E-state index contributed by atoms with van der Waals surface area (Å²) in [6.07, 6.45) is 9.46. The van der Waals surface area contributed by atoms with E-state index in [9.17, 15) is 14.4 Å². The van der Waals surface area contributed by atoms with E-state index in [0.717, 1.165) is 51.4 Å². The van der Waals surface area contributed by atoms with Crippen molar-refractivity contribution in [2.24, 2.45) is 56.2 Å². The number of carbonyl (C=O) groups excluding carboxylic acids is 3. The second kappa shape index (κ2) is 9.03. The van der Waals surface area contributed by atoms with Crippen molar-refractivity contribution in [3.05, 3.63) is 0 Å². The van der Waals surface area contributed by atoms with Gasteiger partial charge in [-0.15, -0.1) is 0 Å². The fourth-order valence-corrected chi connectivity index (χ4v) is 11.7. The number of fused-ring (bicyclic) bond motifs is 7. The molecule has 1 amide bonds. The molecule has 220 valence electrons. The van der Waals surface area contributed by atoms with Crippen molar-refractivity contribution in [3.63, 3.8) is 0 Å². The van der Waals surface area contributed by atoms with E-state index < -0.39 is 5.41 Å². The number of hydrogen-bond acceptors (Lipinski definition) is 5. The van der Waals surface area contributed by atoms with Gasteiger partial charge in [0.15, 0.2) is 0 Å². The van der Waals surface area contributed by atoms with E-state index >= 15 is 0 Å². The van der Waals surface area contributed by atoms with Gasteiger partial charge in [-0.25, -0.2) is 5.48 Å². The van der Waals surface area contributed by atoms with Crippen LogP contribution >= 0.6 is 0 Å². The molecule has 5 aliphatic carbocycles. The number of esters is 1. The molecule has 0 aromatic rings. The Morgan fingerprint density at radius 1 is 0.846 bits per heavy atom. The molecule has 5 fully saturated rings. The third-order valence-electron chi connectivity index (χ3n) is 14.2. The summed E-state index contributed by atoms with van der Waals surface area (Å²) in [5.41, 5.74) is 2.04. The summed E-state index contributed by atoms with van der Waals surface area (Å²) < 4.78 is 5.86. The summed E-state index contributed by atoms with van der Waals surface area (Å²) in [5.74, 6) is 1.24. The number of hydroxylamine groups is 1. The third-order valence-corrected chi connectivity index (χ3v) is 14.2. The summed E-state index contributed by atoms with van der Waals surface area (Å²) in [7, 11) is 1.50. The minimum atomic E-state index is -0.470. The highest BCUT2D eigenvalue weighted by Crippen LogP contribution is 2.76. The van der Waals surface area contributed by atoms with E-state index in [-0.39, 0.29) is 51.0 Å². The number of carbonyl (C=O) groups is 3. The molecule has 1 N–H and O–H groups in total. The Morgan fingerprint density at radius 2 is 1.51 bits per heavy atom. The Kier molecular flexibility index (Phi) is 6.73. The quantitative estimate of drug-likeness (QED) is 0.318. The van der Waals surface area contributed by atoms with E-state index in [1.165, 1.54) is 20.5 Å². The first-order chi connectivity index (χ1) is 18.0. The molecule has 5 saturated carbocycles. The molecule has 5 aliphatic rings. The van der Waals surface area contributed by atoms with E-state index in [2.05, 4.69) is 53.9 Å². The van der Waals surface area contributed by atoms with Crippen LogP contribution in [0.1, 0.15) is 120 Å². The first-order valence-corrected chi connectivity index (χ1v) is 15.5. The van der Waals surface area contributed by atoms with Crippen molar-refractivity contribution < 1.29 is 24.0 Å². The van der Waals surface area contributed by atoms with Crippen LogP contribution in [-0.2, 0) is 24.0 Å². The molecule has 0 aliphatic heterocycles. The molecule has 0 bridgehead atoms. The van der Waals surface area contributed by atoms with Gasteiger partial charge in [0.05, 0.1) is 7.11 Å². The molecule has 0 aromatic heterocycles. The average Bonchev–Trinajstić information content (AvgIpc) is 2.83. The Balaban J connectivity index is 1.51. The summed E-state index contributed by atoms with van der Waals surface area (Å²) in [6.45, 7) is 17.9. The minimum Gasteiger partial charge on any atom is -0.462 e. The summed E-state index contributed by atoms with van der Waals surface area (Å²) >= 11 is 0. The van der Waals surface area contributed by atoms with Gasteiger partial charge in [0.1, 0.15) is 11.9 Å². The maximum absolute atomic E-state index is 14.6. The Morgan fingerprint density at radius 3 is 2.15 bits per heavy atom. The van der Waals surface area contributed by atoms with Crippen LogP contribution < -0.4 is 5.48 Å². The number of amides is 1. The Bertz CT molecular complexity index is 1050. The maximum Gasteiger partial charge on any atom is 0.302 e. The van der Waals surface area contributed by atoms with Gasteiger partial charge in [-0.3, -0.25) is 19.2 Å². The number of rotatable bonds is 3. The molecule has 0 spiro atoms. The highest BCUT2D eigenvalue weighted by molar-refractivity contribution is 5.85. The average molecular weight is 544 g/mol. The zero-order valence-corrected chi connectivity index (χ0v) is 26.0. The van der Waals surface area contributed by atoms with Gasteiger partial charge in [-0.2, -0.15) is 0 Å². The number of nitrogens with one attached hydrogen (secondary N) is 1. The lowest BCUT2D eigenvalue weighted by Gasteiger charge is -2.72. The molecule has 10 atom stereocenters. The summed E-state index contributed by atoms with van der Waals surface area (Å²) in [6, 6.07) is 0. The zero-order valence-electron chi connectivity index (χ0n) is 26.0. The van der Waals surface area contributed by atoms with Crippen LogP contribution in [0, 0.1) is 56.2 Å². The van der Waals surface area contributed by atoms with Crippen LogP contribution in [0.5, 0.6) is 0 Å². The van der Waals surface area contributed by atoms with Crippen LogP contribution in [0.3, 0.4) is 0 Å². The van der Waals surface area contributed by atoms with Gasteiger partial charge < -0.3 is 4.74 Å². The van der Waals surface area contributed by atoms with E-state index in [0.29, 0.717) is 30.0 Å². The van der Waals surface area contributed by atoms with E-state index in [1.807, 2.05) is 0 Å². The van der Waals surface area contributed by atoms with Gasteiger partial charge in [0.25, 0.3) is 0 Å². The van der Waals surface area contributed by atoms with Crippen LogP contribution in [0.15, 0.2) is 0 Å². The van der Waals surface area contributed by atoms with Crippen LogP contribution in [0.4, 0.5) is 0 Å². The summed E-state index contributed by atoms with van der Waals surface area (Å²) in [4.78, 5) is 44.6. The van der Waals surface area contributed by atoms with Crippen molar-refractivity contribution in [2.45, 2.75) is 126 Å². The second-order valence-corrected chi connectivity index (χ2v) is 16.3. The summed E-state index contributed by atoms with van der Waals surface area (Å²) in [5, 5.41) is 0. The zero-order chi connectivity index (χ0) is 28.8. The fourth-order valence-electron chi connectivity index (χ4n) is 11.7. The van der Waals surface area contributed by atoms with Crippen LogP contribution in [0.25, 0.3) is 0 Å². The monoisotopic (exact) mass is 543 g/mol. The number of Topliss-reactive ketones (excluding diaryl/α,β-unsaturated/α-hetero) is 1. The Labute approximate surface area is 236 Å². The Hall–Kier alpha value is -1.43. The molecule has 0 saturated heterocycles. The molecule has 0 aromatic carbocycles. The second-order valence-electron chi connectivity index (χ2n) is 16.3. The van der Waals surface area contributed by atoms with Gasteiger partial charge in [-0.1, -0.05) is 48.5 Å². The number of hydrogen-bond donors (Lipinski definition) is 1. The molecule has 5 rings (SSSR count). The lowest BCUT2D eigenvalue weighted by atomic mass is 9.31. The van der Waals surface area contributed by atoms with Crippen molar-refractivity contribution in [2.75, 3.05) is 7.11 Å². The first kappa shape index (κ1) is 29.1. The SMILES string of the molecule is CONC(=O)[C@@]1(C)CC[C@]2(C)CC[C@]3(C)[C@H](CC(=O)[C@@H]4[C@@]5(C)CC[C@H](OC(C)=O)C(C)(C)C5CC[C@]43C)[C@H]2C1. The predicted octanol–water partition coefficient (Wildman–Crippen LogP) is 6.66. The number of ketones is 1. The van der Waals surface area contributed by atoms with Crippen molar-refractivity contribution in [3.8, 4) is 0 Å². The normalized spacial score (nSPS) is 50.5. The van der Waals surface area contributed by atoms with Crippen molar-refractivity contribution in [1.29, 1.82) is 0 Å². The van der Waals surface area contributed by atoms with Crippen LogP contribution in [-0.4, -0.2) is 30.9 Å². The molecular formula is C33H53NO5. The highest BCUT2D eigenvalue weighted by Gasteiger charge is 2.72. The standard InChI is InChI=1S/C33H53NO5/c1-20(35)39-25-11-12-31(6)24(28(25,2)3)10-13-33(8)26(31)23(36)18-21-22-19-30(5,27(37)34-38-9)15-14-29(22,4)16-17-32(21,33)7/h21-22,24-26H,10-19H2,1-9H3,(H,34,37)/t21-,22-,24?,25+,26-,29-,30+,31+,32-,33-/m1/s1. The predicted molar refractivity (Wildman–Crippen MR) is 150 cm³/mol. The van der Waals surface area contributed by atoms with Gasteiger partial charge >= 0.3 is 5.97 Å². The largest absolute Gasteiger partial charge is 0.462 e. The number of ether oxygens (including phenoxy) is 1. The smallest absolute Gasteiger partial charge is 0.302 e. The van der Waals surface area contributed by atoms with Crippen LogP contribution in [0.2, 0.25) is 0 Å². The molecule has 0 heterocycles. The molecule has 6 heteroatoms. The fraction of sp³-hybridized carbons (Fsp3) is 0.909. The molecule has 39 heavy (non-hydrogen) atoms. The van der Waals surface area contributed by atoms with E-state index in [1.54, 1.807) is 0 Å². The van der Waals surface area contributed by atoms with Crippen molar-refractivity contribution >= 4 is 17.7 Å². The van der Waals surface area contributed by atoms with Gasteiger partial charge in [-0.05, 0) is 97.2 Å². The maximum atomic E-state index is 14.6. The third kappa shape index (κ3) is 3.92. The lowest BCUT2D eigenvalue weighted by molar-refractivity contribution is -0.244. The lowest BCUT2D eigenvalue weighted by Crippen LogP contribution is -2.69. The molecule has 6 nitrogen and oxygen atoms in total. The molecule has 1 unspecified atom stereocenters. The van der Waals surface area contributed by atoms with E-state index in [4.69, 9.17) is 9.57 Å². The van der Waals surface area contributed by atoms with Gasteiger partial charge in [0.2, 0.25) is 5.91 Å². The molecular weight excluding hydrogens is 490 g/mol. The van der Waals surface area contributed by atoms with Gasteiger partial charge in [0, 0.05) is 30.1 Å². The van der Waals surface area contributed by atoms with Crippen molar-refractivity contribution in [1.82, 2.24) is 5.48 Å². The highest BCUT2D eigenvalue weighted by atomic mass is 16.6. The molecule has 0 radical (unpaired) electrons.